The molecule has 0 N–H and O–H groups in total. The van der Waals surface area contributed by atoms with Gasteiger partial charge in [-0.05, 0) is 63.8 Å². The van der Waals surface area contributed by atoms with Gasteiger partial charge in [0.25, 0.3) is 11.4 Å². The first kappa shape index (κ1) is 28.3. The number of aryl methyl sites for hydroxylation is 6. The molecule has 44 heavy (non-hydrogen) atoms. The molecular formula is C37H32O7. The Hall–Kier alpha value is -4.43. The van der Waals surface area contributed by atoms with Crippen molar-refractivity contribution in [2.45, 2.75) is 64.5 Å². The summed E-state index contributed by atoms with van der Waals surface area (Å²) in [5.41, 5.74) is 1.38. The highest BCUT2D eigenvalue weighted by Gasteiger charge is 2.96. The summed E-state index contributed by atoms with van der Waals surface area (Å²) in [4.78, 5) is 44.5. The second kappa shape index (κ2) is 9.29. The van der Waals surface area contributed by atoms with Crippen LogP contribution in [0.4, 0.5) is 0 Å². The number of hydrogen-bond acceptors (Lipinski definition) is 7. The highest BCUT2D eigenvalue weighted by Crippen LogP contribution is 2.74. The van der Waals surface area contributed by atoms with E-state index < -0.39 is 40.5 Å². The third kappa shape index (κ3) is 3.34. The van der Waals surface area contributed by atoms with Crippen LogP contribution in [0.3, 0.4) is 0 Å². The third-order valence-electron chi connectivity index (χ3n) is 9.08. The maximum Gasteiger partial charge on any atom is 0.350 e. The van der Waals surface area contributed by atoms with E-state index in [2.05, 4.69) is 0 Å². The predicted molar refractivity (Wildman–Crippen MR) is 161 cm³/mol. The summed E-state index contributed by atoms with van der Waals surface area (Å²) in [7, 11) is 0. The molecule has 0 radical (unpaired) electrons. The van der Waals surface area contributed by atoms with E-state index in [-0.39, 0.29) is 5.56 Å². The summed E-state index contributed by atoms with van der Waals surface area (Å²) in [6.07, 6.45) is 0. The van der Waals surface area contributed by atoms with Gasteiger partial charge in [0, 0.05) is 22.3 Å². The van der Waals surface area contributed by atoms with Crippen LogP contribution in [0.5, 0.6) is 0 Å². The van der Waals surface area contributed by atoms with E-state index in [0.717, 1.165) is 11.1 Å². The van der Waals surface area contributed by atoms with Crippen LogP contribution in [-0.4, -0.2) is 23.1 Å². The molecule has 4 aromatic rings. The van der Waals surface area contributed by atoms with Crippen LogP contribution in [0.15, 0.2) is 84.9 Å². The molecule has 0 amide bonds. The van der Waals surface area contributed by atoms with Crippen molar-refractivity contribution >= 4 is 17.5 Å². The average Bonchev–Trinajstić information content (AvgIpc) is 3.49. The Kier molecular flexibility index (Phi) is 5.98. The number of hydrogen-bond donors (Lipinski definition) is 0. The summed E-state index contributed by atoms with van der Waals surface area (Å²) < 4.78 is 26.5. The van der Waals surface area contributed by atoms with E-state index in [9.17, 15) is 9.59 Å². The van der Waals surface area contributed by atoms with E-state index in [4.69, 9.17) is 18.9 Å². The van der Waals surface area contributed by atoms with Crippen LogP contribution >= 0.6 is 0 Å². The highest BCUT2D eigenvalue weighted by atomic mass is 17.0. The first-order valence-corrected chi connectivity index (χ1v) is 14.6. The van der Waals surface area contributed by atoms with Gasteiger partial charge < -0.3 is 4.74 Å². The molecule has 0 aromatic heterocycles. The van der Waals surface area contributed by atoms with E-state index in [1.54, 1.807) is 68.4 Å². The van der Waals surface area contributed by atoms with Crippen LogP contribution in [0.1, 0.15) is 60.4 Å². The number of Topliss-reactive ketones (excluding diaryl/α,β-unsaturated/α-hetero) is 2. The lowest BCUT2D eigenvalue weighted by atomic mass is 9.66. The summed E-state index contributed by atoms with van der Waals surface area (Å²) >= 11 is 0. The Morgan fingerprint density at radius 2 is 1.11 bits per heavy atom. The maximum atomic E-state index is 15.3. The van der Waals surface area contributed by atoms with Gasteiger partial charge in [-0.15, -0.1) is 0 Å². The Labute approximate surface area is 255 Å². The first-order valence-electron chi connectivity index (χ1n) is 14.6. The molecule has 3 heterocycles. The molecule has 3 aliphatic rings. The zero-order chi connectivity index (χ0) is 31.2. The molecule has 0 spiro atoms. The fourth-order valence-electron chi connectivity index (χ4n) is 7.68. The summed E-state index contributed by atoms with van der Waals surface area (Å²) in [6, 6.07) is 25.0. The summed E-state index contributed by atoms with van der Waals surface area (Å²) in [6.45, 7) is 11.1. The van der Waals surface area contributed by atoms with E-state index in [1.165, 1.54) is 0 Å². The van der Waals surface area contributed by atoms with Crippen molar-refractivity contribution in [3.63, 3.8) is 0 Å². The standard InChI is InChI=1S/C37H32O7/c1-21-17-23(3)29(24(4)18-21)31(38)32(39)35-34(30-25(5)19-22(2)20-26(30)6)33(40)41-36(35,27-13-9-7-10-14-27)44-37(42-34,43-35)28-15-11-8-12-16-28/h7-20H,1-6H3/t34-,35-,36-,37-/m1/s1. The molecule has 4 atom stereocenters. The second-order valence-electron chi connectivity index (χ2n) is 12.2. The maximum absolute atomic E-state index is 15.3. The molecule has 4 aromatic carbocycles. The van der Waals surface area contributed by atoms with Gasteiger partial charge in [0.05, 0.1) is 0 Å². The minimum atomic E-state index is -2.39. The number of benzene rings is 4. The lowest BCUT2D eigenvalue weighted by Crippen LogP contribution is -2.65. The number of rotatable bonds is 6. The molecule has 7 heteroatoms. The zero-order valence-corrected chi connectivity index (χ0v) is 25.4. The van der Waals surface area contributed by atoms with Gasteiger partial charge in [0.1, 0.15) is 0 Å². The van der Waals surface area contributed by atoms with Crippen molar-refractivity contribution < 1.29 is 33.3 Å². The van der Waals surface area contributed by atoms with Crippen LogP contribution < -0.4 is 0 Å². The number of carbonyl (C=O) groups is 3. The van der Waals surface area contributed by atoms with E-state index in [1.807, 2.05) is 58.0 Å². The fraction of sp³-hybridized carbons (Fsp3) is 0.270. The van der Waals surface area contributed by atoms with Crippen molar-refractivity contribution in [1.29, 1.82) is 0 Å². The van der Waals surface area contributed by atoms with Crippen LogP contribution in [0, 0.1) is 41.5 Å². The molecule has 3 aliphatic heterocycles. The Morgan fingerprint density at radius 1 is 0.614 bits per heavy atom. The van der Waals surface area contributed by atoms with Gasteiger partial charge in [-0.25, -0.2) is 4.79 Å². The van der Waals surface area contributed by atoms with Gasteiger partial charge >= 0.3 is 11.9 Å². The van der Waals surface area contributed by atoms with Gasteiger partial charge in [-0.1, -0.05) is 96.1 Å². The van der Waals surface area contributed by atoms with Crippen molar-refractivity contribution in [3.8, 4) is 0 Å². The molecular weight excluding hydrogens is 556 g/mol. The van der Waals surface area contributed by atoms with E-state index >= 15 is 4.79 Å². The van der Waals surface area contributed by atoms with E-state index in [0.29, 0.717) is 38.9 Å². The largest absolute Gasteiger partial charge is 0.422 e. The number of esters is 1. The van der Waals surface area contributed by atoms with Crippen LogP contribution in [0.25, 0.3) is 0 Å². The topological polar surface area (TPSA) is 88.1 Å². The minimum absolute atomic E-state index is 0.241. The normalized spacial score (nSPS) is 28.3. The predicted octanol–water partition coefficient (Wildman–Crippen LogP) is 6.22. The van der Waals surface area contributed by atoms with Crippen LogP contribution in [-0.2, 0) is 45.9 Å². The molecule has 222 valence electrons. The molecule has 7 rings (SSSR count). The van der Waals surface area contributed by atoms with Crippen molar-refractivity contribution in [3.05, 3.63) is 141 Å². The highest BCUT2D eigenvalue weighted by molar-refractivity contribution is 6.48. The van der Waals surface area contributed by atoms with Crippen molar-refractivity contribution in [2.24, 2.45) is 0 Å². The number of ketones is 2. The summed E-state index contributed by atoms with van der Waals surface area (Å²) in [5.74, 6) is -6.88. The first-order chi connectivity index (χ1) is 20.9. The van der Waals surface area contributed by atoms with Crippen molar-refractivity contribution in [2.75, 3.05) is 0 Å². The van der Waals surface area contributed by atoms with Gasteiger partial charge in [0.2, 0.25) is 17.2 Å². The molecule has 3 saturated heterocycles. The molecule has 7 nitrogen and oxygen atoms in total. The fourth-order valence-corrected chi connectivity index (χ4v) is 7.68. The molecule has 3 fully saturated rings. The number of fused-ring (bicyclic) bond motifs is 1. The summed E-state index contributed by atoms with van der Waals surface area (Å²) in [5, 5.41) is 0. The van der Waals surface area contributed by atoms with Crippen LogP contribution in [0.2, 0.25) is 0 Å². The van der Waals surface area contributed by atoms with Gasteiger partial charge in [0.15, 0.2) is 0 Å². The molecule has 0 unspecified atom stereocenters. The van der Waals surface area contributed by atoms with Crippen molar-refractivity contribution in [1.82, 2.24) is 0 Å². The second-order valence-corrected chi connectivity index (χ2v) is 12.2. The monoisotopic (exact) mass is 588 g/mol. The quantitative estimate of drug-likeness (QED) is 0.150. The lowest BCUT2D eigenvalue weighted by molar-refractivity contribution is -0.379. The smallest absolute Gasteiger partial charge is 0.350 e. The number of carbonyl (C=O) groups excluding carboxylic acids is 3. The Balaban J connectivity index is 1.60. The molecule has 2 bridgehead atoms. The zero-order valence-electron chi connectivity index (χ0n) is 25.4. The SMILES string of the molecule is Cc1cc(C)c(C(=O)C(=O)[C@]23O[C@]4(c5ccccc5)O[C@@]2(c2ccccc2)OC(=O)[C@@]3(c2c(C)cc(C)cc2C)O4)c(C)c1. The molecule has 0 saturated carbocycles. The minimum Gasteiger partial charge on any atom is -0.422 e. The molecule has 0 aliphatic carbocycles. The van der Waals surface area contributed by atoms with Gasteiger partial charge in [-0.2, -0.15) is 0 Å². The Bertz CT molecular complexity index is 1850. The third-order valence-corrected chi connectivity index (χ3v) is 9.08. The van der Waals surface area contributed by atoms with Gasteiger partial charge in [-0.3, -0.25) is 23.8 Å². The number of ether oxygens (including phenoxy) is 4. The lowest BCUT2D eigenvalue weighted by Gasteiger charge is -2.42. The Morgan fingerprint density at radius 3 is 1.66 bits per heavy atom. The average molecular weight is 589 g/mol.